The summed E-state index contributed by atoms with van der Waals surface area (Å²) in [6.45, 7) is 5.56. The Morgan fingerprint density at radius 3 is 1.85 bits per heavy atom. The van der Waals surface area contributed by atoms with Crippen LogP contribution in [-0.4, -0.2) is 17.5 Å². The second-order valence-electron chi connectivity index (χ2n) is 8.29. The molecule has 0 aliphatic carbocycles. The molecule has 0 amide bonds. The number of hydrogen-bond donors (Lipinski definition) is 0. The fourth-order valence-electron chi connectivity index (χ4n) is 4.74. The summed E-state index contributed by atoms with van der Waals surface area (Å²) in [6.07, 6.45) is 0.597. The zero-order chi connectivity index (χ0) is 23.1. The highest BCUT2D eigenvalue weighted by molar-refractivity contribution is 5.93. The third-order valence-electron chi connectivity index (χ3n) is 6.33. The zero-order valence-electron chi connectivity index (χ0n) is 19.4. The van der Waals surface area contributed by atoms with Crippen molar-refractivity contribution in [3.63, 3.8) is 0 Å². The van der Waals surface area contributed by atoms with E-state index in [0.29, 0.717) is 26.1 Å². The first-order valence-electron chi connectivity index (χ1n) is 11.7. The molecule has 0 aromatic heterocycles. The van der Waals surface area contributed by atoms with Crippen molar-refractivity contribution in [1.82, 2.24) is 4.90 Å². The van der Waals surface area contributed by atoms with Gasteiger partial charge >= 0.3 is 5.97 Å². The van der Waals surface area contributed by atoms with Crippen LogP contribution in [0.1, 0.15) is 37.0 Å². The summed E-state index contributed by atoms with van der Waals surface area (Å²) in [4.78, 5) is 16.2. The highest BCUT2D eigenvalue weighted by atomic mass is 16.5. The van der Waals surface area contributed by atoms with Crippen LogP contribution in [0.2, 0.25) is 0 Å². The SMILES string of the molecule is CCOC(=O)C(CC)(c1cccc2ccccc12)N(Cc1ccccc1)Cc1ccccc1. The molecule has 1 unspecified atom stereocenters. The first kappa shape index (κ1) is 22.8. The summed E-state index contributed by atoms with van der Waals surface area (Å²) in [7, 11) is 0. The summed E-state index contributed by atoms with van der Waals surface area (Å²) in [5.74, 6) is -0.198. The number of carbonyl (C=O) groups excluding carboxylic acids is 1. The van der Waals surface area contributed by atoms with Gasteiger partial charge < -0.3 is 4.74 Å². The van der Waals surface area contributed by atoms with E-state index in [1.54, 1.807) is 0 Å². The highest BCUT2D eigenvalue weighted by Gasteiger charge is 2.46. The Morgan fingerprint density at radius 2 is 1.27 bits per heavy atom. The van der Waals surface area contributed by atoms with Crippen LogP contribution in [0, 0.1) is 0 Å². The van der Waals surface area contributed by atoms with E-state index in [1.165, 1.54) is 0 Å². The first-order chi connectivity index (χ1) is 16.2. The van der Waals surface area contributed by atoms with Gasteiger partial charge in [-0.25, -0.2) is 4.79 Å². The molecule has 168 valence electrons. The molecular weight excluding hydrogens is 406 g/mol. The van der Waals surface area contributed by atoms with E-state index in [1.807, 2.05) is 61.5 Å². The molecule has 0 aliphatic heterocycles. The molecule has 0 saturated carbocycles. The topological polar surface area (TPSA) is 29.5 Å². The highest BCUT2D eigenvalue weighted by Crippen LogP contribution is 2.40. The Kier molecular flexibility index (Phi) is 7.21. The maximum absolute atomic E-state index is 13.9. The maximum Gasteiger partial charge on any atom is 0.331 e. The predicted molar refractivity (Wildman–Crippen MR) is 135 cm³/mol. The fourth-order valence-corrected chi connectivity index (χ4v) is 4.74. The zero-order valence-corrected chi connectivity index (χ0v) is 19.4. The predicted octanol–water partition coefficient (Wildman–Crippen LogP) is 6.71. The molecule has 3 heteroatoms. The Balaban J connectivity index is 1.93. The number of hydrogen-bond acceptors (Lipinski definition) is 3. The van der Waals surface area contributed by atoms with Crippen LogP contribution in [0.5, 0.6) is 0 Å². The van der Waals surface area contributed by atoms with Crippen LogP contribution in [-0.2, 0) is 28.2 Å². The quantitative estimate of drug-likeness (QED) is 0.273. The van der Waals surface area contributed by atoms with Gasteiger partial charge in [0.2, 0.25) is 0 Å². The average Bonchev–Trinajstić information content (AvgIpc) is 2.86. The lowest BCUT2D eigenvalue weighted by Gasteiger charge is -2.42. The van der Waals surface area contributed by atoms with E-state index in [4.69, 9.17) is 4.74 Å². The summed E-state index contributed by atoms with van der Waals surface area (Å²) >= 11 is 0. The van der Waals surface area contributed by atoms with Gasteiger partial charge in [-0.1, -0.05) is 110 Å². The van der Waals surface area contributed by atoms with Crippen molar-refractivity contribution in [2.75, 3.05) is 6.61 Å². The molecule has 1 atom stereocenters. The maximum atomic E-state index is 13.9. The van der Waals surface area contributed by atoms with Crippen LogP contribution >= 0.6 is 0 Å². The molecule has 0 aliphatic rings. The van der Waals surface area contributed by atoms with Gasteiger partial charge in [0.1, 0.15) is 5.54 Å². The molecule has 0 fully saturated rings. The lowest BCUT2D eigenvalue weighted by Crippen LogP contribution is -2.52. The van der Waals surface area contributed by atoms with Crippen molar-refractivity contribution < 1.29 is 9.53 Å². The van der Waals surface area contributed by atoms with Crippen molar-refractivity contribution in [1.29, 1.82) is 0 Å². The van der Waals surface area contributed by atoms with Gasteiger partial charge in [0.25, 0.3) is 0 Å². The van der Waals surface area contributed by atoms with E-state index in [2.05, 4.69) is 60.4 Å². The number of benzene rings is 4. The third kappa shape index (κ3) is 4.69. The molecule has 0 radical (unpaired) electrons. The van der Waals surface area contributed by atoms with E-state index in [9.17, 15) is 4.79 Å². The molecule has 0 spiro atoms. The second kappa shape index (κ2) is 10.5. The van der Waals surface area contributed by atoms with Crippen LogP contribution in [0.25, 0.3) is 10.8 Å². The van der Waals surface area contributed by atoms with Crippen LogP contribution in [0.3, 0.4) is 0 Å². The molecule has 0 N–H and O–H groups in total. The lowest BCUT2D eigenvalue weighted by atomic mass is 9.81. The minimum atomic E-state index is -0.928. The second-order valence-corrected chi connectivity index (χ2v) is 8.29. The summed E-state index contributed by atoms with van der Waals surface area (Å²) < 4.78 is 5.78. The minimum Gasteiger partial charge on any atom is -0.464 e. The molecule has 4 aromatic carbocycles. The molecule has 4 rings (SSSR count). The van der Waals surface area contributed by atoms with Gasteiger partial charge in [-0.3, -0.25) is 4.90 Å². The smallest absolute Gasteiger partial charge is 0.331 e. The Hall–Kier alpha value is -3.43. The lowest BCUT2D eigenvalue weighted by molar-refractivity contribution is -0.160. The van der Waals surface area contributed by atoms with Crippen molar-refractivity contribution in [3.05, 3.63) is 120 Å². The summed E-state index contributed by atoms with van der Waals surface area (Å²) in [5.41, 5.74) is 2.39. The van der Waals surface area contributed by atoms with E-state index >= 15 is 0 Å². The van der Waals surface area contributed by atoms with E-state index in [-0.39, 0.29) is 5.97 Å². The van der Waals surface area contributed by atoms with Crippen molar-refractivity contribution in [2.24, 2.45) is 0 Å². The average molecular weight is 438 g/mol. The number of nitrogens with zero attached hydrogens (tertiary/aromatic N) is 1. The van der Waals surface area contributed by atoms with Gasteiger partial charge in [0, 0.05) is 13.1 Å². The van der Waals surface area contributed by atoms with Crippen molar-refractivity contribution in [2.45, 2.75) is 38.9 Å². The van der Waals surface area contributed by atoms with Crippen LogP contribution in [0.15, 0.2) is 103 Å². The number of carbonyl (C=O) groups is 1. The van der Waals surface area contributed by atoms with Gasteiger partial charge in [-0.05, 0) is 40.8 Å². The molecule has 0 saturated heterocycles. The fraction of sp³-hybridized carbons (Fsp3) is 0.233. The Bertz CT molecular complexity index is 1140. The number of rotatable bonds is 9. The van der Waals surface area contributed by atoms with E-state index < -0.39 is 5.54 Å². The number of esters is 1. The van der Waals surface area contributed by atoms with Crippen molar-refractivity contribution >= 4 is 16.7 Å². The summed E-state index contributed by atoms with van der Waals surface area (Å²) in [5, 5.41) is 2.21. The largest absolute Gasteiger partial charge is 0.464 e. The Labute approximate surface area is 196 Å². The molecule has 4 aromatic rings. The van der Waals surface area contributed by atoms with E-state index in [0.717, 1.165) is 27.5 Å². The first-order valence-corrected chi connectivity index (χ1v) is 11.7. The monoisotopic (exact) mass is 437 g/mol. The van der Waals surface area contributed by atoms with Crippen LogP contribution in [0.4, 0.5) is 0 Å². The van der Waals surface area contributed by atoms with Crippen LogP contribution < -0.4 is 0 Å². The molecule has 33 heavy (non-hydrogen) atoms. The van der Waals surface area contributed by atoms with Gasteiger partial charge in [-0.15, -0.1) is 0 Å². The Morgan fingerprint density at radius 1 is 0.727 bits per heavy atom. The number of ether oxygens (including phenoxy) is 1. The third-order valence-corrected chi connectivity index (χ3v) is 6.33. The van der Waals surface area contributed by atoms with Gasteiger partial charge in [0.05, 0.1) is 6.61 Å². The molecule has 0 heterocycles. The minimum absolute atomic E-state index is 0.198. The van der Waals surface area contributed by atoms with Gasteiger partial charge in [-0.2, -0.15) is 0 Å². The normalized spacial score (nSPS) is 13.1. The molecule has 3 nitrogen and oxygen atoms in total. The van der Waals surface area contributed by atoms with Gasteiger partial charge in [0.15, 0.2) is 0 Å². The molecular formula is C30H31NO2. The van der Waals surface area contributed by atoms with Crippen molar-refractivity contribution in [3.8, 4) is 0 Å². The number of fused-ring (bicyclic) bond motifs is 1. The molecule has 0 bridgehead atoms. The summed E-state index contributed by atoms with van der Waals surface area (Å²) in [6, 6.07) is 35.2. The standard InChI is InChI=1S/C30H31NO2/c1-3-30(29(32)33-4-2,28-21-13-19-26-18-11-12-20-27(26)28)31(22-24-14-7-5-8-15-24)23-25-16-9-6-10-17-25/h5-21H,3-4,22-23H2,1-2H3.